The van der Waals surface area contributed by atoms with Crippen LogP contribution in [0.15, 0.2) is 59.9 Å². The van der Waals surface area contributed by atoms with Crippen LogP contribution in [0.25, 0.3) is 0 Å². The van der Waals surface area contributed by atoms with Gasteiger partial charge in [-0.1, -0.05) is 36.4 Å². The maximum atomic E-state index is 13.1. The van der Waals surface area contributed by atoms with Crippen molar-refractivity contribution in [1.82, 2.24) is 5.32 Å². The summed E-state index contributed by atoms with van der Waals surface area (Å²) in [6.07, 6.45) is 1.67. The van der Waals surface area contributed by atoms with Crippen LogP contribution >= 0.6 is 0 Å². The zero-order valence-corrected chi connectivity index (χ0v) is 13.8. The molecule has 4 rings (SSSR count). The number of hydrogen-bond acceptors (Lipinski definition) is 3. The number of hydrogen-bond donors (Lipinski definition) is 2. The van der Waals surface area contributed by atoms with Gasteiger partial charge in [-0.25, -0.2) is 4.39 Å². The second-order valence-electron chi connectivity index (χ2n) is 6.78. The summed E-state index contributed by atoms with van der Waals surface area (Å²) in [6, 6.07) is 14.0. The third-order valence-corrected chi connectivity index (χ3v) is 5.22. The van der Waals surface area contributed by atoms with Gasteiger partial charge in [-0.15, -0.1) is 0 Å². The molecule has 2 aromatic rings. The lowest BCUT2D eigenvalue weighted by Crippen LogP contribution is -2.35. The normalized spacial score (nSPS) is 23.5. The third kappa shape index (κ3) is 2.98. The summed E-state index contributed by atoms with van der Waals surface area (Å²) in [4.78, 5) is 12.8. The standard InChI is InChI=1S/C21H20FNO2/c22-16-7-5-13(6-8-16)15-11-18(24)20(19(25)12-15)21-17-4-2-1-3-14(17)9-10-23-21/h1-8,15,21,23-24H,9-12H2. The minimum atomic E-state index is -0.297. The number of rotatable bonds is 2. The molecule has 0 aromatic heterocycles. The average molecular weight is 337 g/mol. The predicted octanol–water partition coefficient (Wildman–Crippen LogP) is 3.97. The molecule has 0 bridgehead atoms. The van der Waals surface area contributed by atoms with Crippen LogP contribution in [0.3, 0.4) is 0 Å². The van der Waals surface area contributed by atoms with Crippen molar-refractivity contribution in [2.24, 2.45) is 0 Å². The number of Topliss-reactive ketones (excluding diaryl/α,β-unsaturated/α-hetero) is 1. The molecule has 128 valence electrons. The van der Waals surface area contributed by atoms with E-state index in [2.05, 4.69) is 11.4 Å². The summed E-state index contributed by atoms with van der Waals surface area (Å²) >= 11 is 0. The van der Waals surface area contributed by atoms with E-state index in [-0.39, 0.29) is 29.3 Å². The molecule has 1 aliphatic carbocycles. The van der Waals surface area contributed by atoms with Crippen LogP contribution in [-0.4, -0.2) is 17.4 Å². The van der Waals surface area contributed by atoms with Gasteiger partial charge in [0.05, 0.1) is 11.6 Å². The summed E-state index contributed by atoms with van der Waals surface area (Å²) in [5.74, 6) is -0.280. The Morgan fingerprint density at radius 1 is 1.04 bits per heavy atom. The highest BCUT2D eigenvalue weighted by Gasteiger charge is 2.35. The van der Waals surface area contributed by atoms with Crippen molar-refractivity contribution in [3.05, 3.63) is 82.4 Å². The Morgan fingerprint density at radius 3 is 2.56 bits per heavy atom. The van der Waals surface area contributed by atoms with Crippen LogP contribution < -0.4 is 5.32 Å². The van der Waals surface area contributed by atoms with E-state index in [0.29, 0.717) is 18.4 Å². The number of allylic oxidation sites excluding steroid dienone is 1. The highest BCUT2D eigenvalue weighted by atomic mass is 19.1. The molecule has 3 nitrogen and oxygen atoms in total. The number of nitrogens with one attached hydrogen (secondary N) is 1. The molecule has 1 heterocycles. The molecule has 0 fully saturated rings. The van der Waals surface area contributed by atoms with Gasteiger partial charge in [-0.05, 0) is 41.2 Å². The maximum absolute atomic E-state index is 13.1. The van der Waals surface area contributed by atoms with Crippen LogP contribution in [0.5, 0.6) is 0 Å². The van der Waals surface area contributed by atoms with Crippen molar-refractivity contribution < 1.29 is 14.3 Å². The zero-order valence-electron chi connectivity index (χ0n) is 13.8. The summed E-state index contributed by atoms with van der Waals surface area (Å²) in [5, 5.41) is 14.0. The molecule has 0 amide bonds. The highest BCUT2D eigenvalue weighted by molar-refractivity contribution is 5.98. The second kappa shape index (κ2) is 6.45. The maximum Gasteiger partial charge on any atom is 0.164 e. The number of halogens is 1. The first-order chi connectivity index (χ1) is 12.1. The number of aliphatic hydroxyl groups excluding tert-OH is 1. The highest BCUT2D eigenvalue weighted by Crippen LogP contribution is 2.39. The molecule has 0 spiro atoms. The smallest absolute Gasteiger partial charge is 0.164 e. The van der Waals surface area contributed by atoms with E-state index in [0.717, 1.165) is 24.1 Å². The summed E-state index contributed by atoms with van der Waals surface area (Å²) < 4.78 is 13.1. The first-order valence-corrected chi connectivity index (χ1v) is 8.65. The van der Waals surface area contributed by atoms with E-state index < -0.39 is 0 Å². The summed E-state index contributed by atoms with van der Waals surface area (Å²) in [6.45, 7) is 0.785. The lowest BCUT2D eigenvalue weighted by molar-refractivity contribution is -0.117. The minimum Gasteiger partial charge on any atom is -0.512 e. The number of benzene rings is 2. The Bertz CT molecular complexity index is 841. The summed E-state index contributed by atoms with van der Waals surface area (Å²) in [7, 11) is 0. The molecular formula is C21H20FNO2. The van der Waals surface area contributed by atoms with E-state index in [1.54, 1.807) is 12.1 Å². The van der Waals surface area contributed by atoms with Gasteiger partial charge in [0.25, 0.3) is 0 Å². The van der Waals surface area contributed by atoms with Gasteiger partial charge >= 0.3 is 0 Å². The number of carbonyl (C=O) groups is 1. The van der Waals surface area contributed by atoms with Gasteiger partial charge in [0.2, 0.25) is 0 Å². The zero-order chi connectivity index (χ0) is 17.4. The number of fused-ring (bicyclic) bond motifs is 1. The van der Waals surface area contributed by atoms with Crippen LogP contribution in [-0.2, 0) is 11.2 Å². The van der Waals surface area contributed by atoms with Gasteiger partial charge in [0.15, 0.2) is 5.78 Å². The monoisotopic (exact) mass is 337 g/mol. The van der Waals surface area contributed by atoms with Gasteiger partial charge in [0.1, 0.15) is 11.6 Å². The Labute approximate surface area is 146 Å². The lowest BCUT2D eigenvalue weighted by atomic mass is 9.78. The fourth-order valence-electron chi connectivity index (χ4n) is 3.97. The predicted molar refractivity (Wildman–Crippen MR) is 93.9 cm³/mol. The van der Waals surface area contributed by atoms with Crippen LogP contribution in [0.4, 0.5) is 4.39 Å². The van der Waals surface area contributed by atoms with Crippen LogP contribution in [0.2, 0.25) is 0 Å². The Balaban J connectivity index is 1.66. The minimum absolute atomic E-state index is 0.0349. The first-order valence-electron chi connectivity index (χ1n) is 8.65. The lowest BCUT2D eigenvalue weighted by Gasteiger charge is -2.32. The molecule has 2 aromatic carbocycles. The molecule has 0 saturated carbocycles. The van der Waals surface area contributed by atoms with Crippen molar-refractivity contribution in [1.29, 1.82) is 0 Å². The van der Waals surface area contributed by atoms with Gasteiger partial charge in [0, 0.05) is 19.4 Å². The van der Waals surface area contributed by atoms with E-state index >= 15 is 0 Å². The Kier molecular flexibility index (Phi) is 4.14. The number of aliphatic hydroxyl groups is 1. The molecule has 4 heteroatoms. The van der Waals surface area contributed by atoms with Crippen LogP contribution in [0.1, 0.15) is 41.5 Å². The molecule has 2 atom stereocenters. The van der Waals surface area contributed by atoms with Gasteiger partial charge < -0.3 is 10.4 Å². The number of carbonyl (C=O) groups excluding carboxylic acids is 1. The largest absolute Gasteiger partial charge is 0.512 e. The molecule has 2 unspecified atom stereocenters. The molecule has 2 aliphatic rings. The SMILES string of the molecule is O=C1CC(c2ccc(F)cc2)CC(O)=C1C1NCCc2ccccc21. The second-order valence-corrected chi connectivity index (χ2v) is 6.78. The third-order valence-electron chi connectivity index (χ3n) is 5.22. The summed E-state index contributed by atoms with van der Waals surface area (Å²) in [5.41, 5.74) is 3.67. The molecule has 25 heavy (non-hydrogen) atoms. The molecule has 1 aliphatic heterocycles. The first kappa shape index (κ1) is 16.0. The topological polar surface area (TPSA) is 49.3 Å². The van der Waals surface area contributed by atoms with E-state index in [4.69, 9.17) is 0 Å². The molecule has 2 N–H and O–H groups in total. The Morgan fingerprint density at radius 2 is 1.80 bits per heavy atom. The fraction of sp³-hybridized carbons (Fsp3) is 0.286. The fourth-order valence-corrected chi connectivity index (χ4v) is 3.97. The van der Waals surface area contributed by atoms with E-state index in [1.165, 1.54) is 17.7 Å². The van der Waals surface area contributed by atoms with E-state index in [9.17, 15) is 14.3 Å². The molecule has 0 radical (unpaired) electrons. The van der Waals surface area contributed by atoms with Crippen molar-refractivity contribution in [2.75, 3.05) is 6.54 Å². The van der Waals surface area contributed by atoms with Crippen LogP contribution in [0, 0.1) is 5.82 Å². The van der Waals surface area contributed by atoms with Crippen molar-refractivity contribution in [2.45, 2.75) is 31.2 Å². The molecule has 0 saturated heterocycles. The van der Waals surface area contributed by atoms with Crippen molar-refractivity contribution in [3.63, 3.8) is 0 Å². The average Bonchev–Trinajstić information content (AvgIpc) is 2.62. The molecular weight excluding hydrogens is 317 g/mol. The van der Waals surface area contributed by atoms with Crippen molar-refractivity contribution in [3.8, 4) is 0 Å². The quantitative estimate of drug-likeness (QED) is 0.872. The number of ketones is 1. The van der Waals surface area contributed by atoms with Crippen molar-refractivity contribution >= 4 is 5.78 Å². The van der Waals surface area contributed by atoms with E-state index in [1.807, 2.05) is 18.2 Å². The van der Waals surface area contributed by atoms with Gasteiger partial charge in [-0.2, -0.15) is 0 Å². The Hall–Kier alpha value is -2.46. The van der Waals surface area contributed by atoms with Gasteiger partial charge in [-0.3, -0.25) is 4.79 Å².